The third-order valence-corrected chi connectivity index (χ3v) is 20.2. The van der Waals surface area contributed by atoms with Gasteiger partial charge in [0.1, 0.15) is 125 Å². The first-order valence-corrected chi connectivity index (χ1v) is 37.6. The monoisotopic (exact) mass is 2540 g/mol. The van der Waals surface area contributed by atoms with Crippen LogP contribution in [0.1, 0.15) is 22.3 Å². The molecule has 0 spiro atoms. The zero-order valence-electron chi connectivity index (χ0n) is 71.2. The van der Waals surface area contributed by atoms with E-state index in [2.05, 4.69) is 189 Å². The molecular weight excluding hydrogens is 2430 g/mol. The summed E-state index contributed by atoms with van der Waals surface area (Å²) in [5, 5.41) is 2.88. The predicted octanol–water partition coefficient (Wildman–Crippen LogP) is -9.54. The molecule has 0 unspecified atom stereocenters. The van der Waals surface area contributed by atoms with Gasteiger partial charge in [0.25, 0.3) is 0 Å². The van der Waals surface area contributed by atoms with Crippen molar-refractivity contribution in [2.45, 2.75) is 26.2 Å². The molecule has 0 saturated carbocycles. The van der Waals surface area contributed by atoms with Crippen molar-refractivity contribution in [3.63, 3.8) is 0 Å². The Hall–Kier alpha value is -3.54. The van der Waals surface area contributed by atoms with E-state index in [-0.39, 0.29) is 211 Å². The molecule has 0 fully saturated rings. The van der Waals surface area contributed by atoms with Crippen LogP contribution in [0.3, 0.4) is 0 Å². The fourth-order valence-corrected chi connectivity index (χ4v) is 13.6. The molecule has 0 radical (unpaired) electrons. The molecule has 5 heterocycles. The summed E-state index contributed by atoms with van der Waals surface area (Å²) in [5.41, 5.74) is 9.40. The molecule has 0 aliphatic carbocycles. The average molecular weight is 2540 g/mol. The molecule has 2 aliphatic rings. The quantitative estimate of drug-likeness (QED) is 0.0262. The molecule has 13 rings (SSSR count). The molecule has 2 aliphatic heterocycles. The van der Waals surface area contributed by atoms with Crippen molar-refractivity contribution in [3.8, 4) is 91.5 Å². The molecule has 0 saturated heterocycles. The van der Waals surface area contributed by atoms with Crippen molar-refractivity contribution in [1.29, 1.82) is 0 Å². The number of rotatable bonds is 28. The van der Waals surface area contributed by atoms with Gasteiger partial charge in [-0.05, 0) is 191 Å². The summed E-state index contributed by atoms with van der Waals surface area (Å²) in [5.74, 6) is 6.84. The van der Waals surface area contributed by atoms with Crippen molar-refractivity contribution in [2.24, 2.45) is 0 Å². The van der Waals surface area contributed by atoms with Crippen LogP contribution in [0, 0.1) is 0 Å². The Morgan fingerprint density at radius 2 is 0.427 bits per heavy atom. The van der Waals surface area contributed by atoms with Crippen molar-refractivity contribution in [2.75, 3.05) is 193 Å². The van der Waals surface area contributed by atoms with Crippen LogP contribution in [-0.4, -0.2) is 259 Å². The van der Waals surface area contributed by atoms with Crippen LogP contribution in [0.25, 0.3) is 89.7 Å². The number of likely N-dealkylation sites (N-methyl/N-ethyl adjacent to an activating group) is 8. The van der Waals surface area contributed by atoms with Gasteiger partial charge in [0.15, 0.2) is 0 Å². The summed E-state index contributed by atoms with van der Waals surface area (Å²) < 4.78 is 34.0. The van der Waals surface area contributed by atoms with E-state index in [0.717, 1.165) is 136 Å². The van der Waals surface area contributed by atoms with Crippen molar-refractivity contribution in [3.05, 3.63) is 192 Å². The number of fused-ring (bicyclic) bond motifs is 20. The first kappa shape index (κ1) is 106. The van der Waals surface area contributed by atoms with Crippen LogP contribution in [0.4, 0.5) is 0 Å². The Bertz CT molecular complexity index is 4990. The molecule has 626 valence electrons. The number of nitrogens with zero attached hydrogens (tertiary/aromatic N) is 16. The number of hydrogen-bond acceptors (Lipinski definition) is 10. The molecule has 0 amide bonds. The number of halogens is 8. The third kappa shape index (κ3) is 29.3. The maximum absolute atomic E-state index is 6.72. The SMILES string of the molecule is C[N+](C)(C)CC[N+](C)(C)Cc1ccc(Oc2ccc3c(c2)-c2nc-3nc3[n-]c(nc4nc(nc5[n-]c(n2)c2ccc(Oc6ccc(C[N+](C)(C)CC[N+](C)(C)C)cc6)cc52)-c2ccc(Oc5ccc(C[N+](C)(C)CC[N+](C)(C)C)cc5)cc2-4)c2ccc(Oc4ccc(C[N+](C)(C)CC[N+](C)(C)C)cc4)cc32)cc1.[I-].[I-].[I-].[I-].[I-].[I-].[I-].[I-].[Zn+2]. The molecule has 3 aromatic heterocycles. The van der Waals surface area contributed by atoms with Gasteiger partial charge in [0.05, 0.1) is 164 Å². The summed E-state index contributed by atoms with van der Waals surface area (Å²) in [6.45, 7) is 12.1. The van der Waals surface area contributed by atoms with Gasteiger partial charge in [-0.15, -0.1) is 0 Å². The minimum atomic E-state index is 0. The van der Waals surface area contributed by atoms with Crippen molar-refractivity contribution >= 4 is 44.1 Å². The molecule has 117 heavy (non-hydrogen) atoms. The first-order chi connectivity index (χ1) is 50.7. The first-order valence-electron chi connectivity index (χ1n) is 37.6. The second-order valence-corrected chi connectivity index (χ2v) is 36.6. The van der Waals surface area contributed by atoms with Gasteiger partial charge in [0.2, 0.25) is 0 Å². The molecule has 20 nitrogen and oxygen atoms in total. The molecular formula is C88H112I8N16O4Zn. The van der Waals surface area contributed by atoms with Gasteiger partial charge in [-0.3, -0.25) is 0 Å². The smallest absolute Gasteiger partial charge is 1.00 e. The standard InChI is InChI=1S/C88H112N16O4.8HI.Zn/c1-97(2,3)45-49-101(13,14)57-61-21-29-65(30-22-61)105-69-37-41-73-77(53-69)85-89-81(73)94-86-79-55-71(107-67-33-25-63(26-34-67)59-103(17,18)51-47-99(7,8)9)39-43-75(79)83(91-86)96-88-80-56-72(108-68-35-27-64(28-36-68)60-104(19,20)52-48-100(10,11)12)40-44-76(80)84(92-88)95-87-78-54-70(38-42-74(78)82(90-87)93-85)106-66-31-23-62(24-32-66)58-102(15,16)50-46-98(4,5)6;;;;;;;;;/h21-44,53-56H,45-52,57-60H2,1-20H3;8*1H;/q+6;;;;;;;;;+2/p-8. The Morgan fingerprint density at radius 1 is 0.222 bits per heavy atom. The van der Waals surface area contributed by atoms with E-state index in [0.29, 0.717) is 114 Å². The molecule has 29 heteroatoms. The second-order valence-electron chi connectivity index (χ2n) is 36.6. The Balaban J connectivity index is 0.00000320. The summed E-state index contributed by atoms with van der Waals surface area (Å²) in [6, 6.07) is 57.3. The largest absolute Gasteiger partial charge is 2.00 e. The van der Waals surface area contributed by atoms with E-state index >= 15 is 0 Å². The zero-order chi connectivity index (χ0) is 76.9. The van der Waals surface area contributed by atoms with E-state index in [1.54, 1.807) is 0 Å². The summed E-state index contributed by atoms with van der Waals surface area (Å²) in [4.78, 5) is 42.9. The van der Waals surface area contributed by atoms with Crippen LogP contribution in [0.2, 0.25) is 0 Å². The summed E-state index contributed by atoms with van der Waals surface area (Å²) >= 11 is 0. The Kier molecular flexibility index (Phi) is 38.8. The minimum Gasteiger partial charge on any atom is -1.00 e. The Morgan fingerprint density at radius 3 is 0.667 bits per heavy atom. The number of quaternary nitrogens is 8. The van der Waals surface area contributed by atoms with Crippen LogP contribution < -0.4 is 221 Å². The van der Waals surface area contributed by atoms with Gasteiger partial charge in [-0.2, -0.15) is 0 Å². The van der Waals surface area contributed by atoms with Gasteiger partial charge < -0.3 is 277 Å². The topological polar surface area (TPSA) is 142 Å². The van der Waals surface area contributed by atoms with Gasteiger partial charge in [-0.1, -0.05) is 0 Å². The average Bonchev–Trinajstić information content (AvgIpc) is 1.60. The molecule has 11 aromatic rings. The number of benzene rings is 8. The normalized spacial score (nSPS) is 12.1. The molecule has 0 N–H and O–H groups in total. The van der Waals surface area contributed by atoms with E-state index in [9.17, 15) is 0 Å². The fourth-order valence-electron chi connectivity index (χ4n) is 13.6. The zero-order valence-corrected chi connectivity index (χ0v) is 91.4. The molecule has 8 aromatic carbocycles. The van der Waals surface area contributed by atoms with Gasteiger partial charge >= 0.3 is 19.5 Å². The molecule has 8 bridgehead atoms. The number of hydrogen-bond donors (Lipinski definition) is 0. The molecule has 0 atom stereocenters. The van der Waals surface area contributed by atoms with Crippen LogP contribution in [0.15, 0.2) is 170 Å². The van der Waals surface area contributed by atoms with Crippen LogP contribution in [-0.2, 0) is 45.7 Å². The van der Waals surface area contributed by atoms with Crippen molar-refractivity contribution in [1.82, 2.24) is 39.9 Å². The van der Waals surface area contributed by atoms with E-state index in [4.69, 9.17) is 58.8 Å². The maximum atomic E-state index is 6.72. The van der Waals surface area contributed by atoms with E-state index in [1.165, 1.54) is 22.3 Å². The number of ether oxygens (including phenoxy) is 4. The van der Waals surface area contributed by atoms with E-state index < -0.39 is 0 Å². The second kappa shape index (κ2) is 42.9. The Labute approximate surface area is 842 Å². The number of aromatic nitrogens is 8. The van der Waals surface area contributed by atoms with Crippen LogP contribution in [0.5, 0.6) is 46.0 Å². The fraction of sp³-hybridized carbons (Fsp3) is 0.364. The maximum Gasteiger partial charge on any atom is 2.00 e. The predicted molar refractivity (Wildman–Crippen MR) is 434 cm³/mol. The summed E-state index contributed by atoms with van der Waals surface area (Å²) in [7, 11) is 45.2. The van der Waals surface area contributed by atoms with Gasteiger partial charge in [0, 0.05) is 67.1 Å². The van der Waals surface area contributed by atoms with Crippen molar-refractivity contribution < 1.29 is 266 Å². The minimum absolute atomic E-state index is 0. The van der Waals surface area contributed by atoms with E-state index in [1.807, 2.05) is 121 Å². The third-order valence-electron chi connectivity index (χ3n) is 20.2. The van der Waals surface area contributed by atoms with Gasteiger partial charge in [-0.25, -0.2) is 9.97 Å². The summed E-state index contributed by atoms with van der Waals surface area (Å²) in [6.07, 6.45) is 0. The van der Waals surface area contributed by atoms with Crippen LogP contribution >= 0.6 is 0 Å².